The highest BCUT2D eigenvalue weighted by Crippen LogP contribution is 2.28. The number of nitrogens with two attached hydrogens (primary N) is 1. The lowest BCUT2D eigenvalue weighted by Gasteiger charge is -2.25. The first-order valence-corrected chi connectivity index (χ1v) is 6.76. The number of ether oxygens (including phenoxy) is 2. The zero-order chi connectivity index (χ0) is 13.4. The van der Waals surface area contributed by atoms with Crippen LogP contribution in [-0.4, -0.2) is 40.5 Å². The molecule has 0 atom stereocenters. The molecule has 1 aromatic carbocycles. The van der Waals surface area contributed by atoms with Gasteiger partial charge in [0.2, 0.25) is 0 Å². The van der Waals surface area contributed by atoms with Crippen molar-refractivity contribution in [3.05, 3.63) is 22.7 Å². The molecule has 5 heteroatoms. The van der Waals surface area contributed by atoms with E-state index in [1.165, 1.54) is 0 Å². The number of benzene rings is 1. The van der Waals surface area contributed by atoms with Crippen LogP contribution in [-0.2, 0) is 9.47 Å². The molecular weight excluding hydrogens is 296 g/mol. The standard InChI is InChI=1S/C13H21BrN2O2/c1-17-8-3-6-16(7-9-18-2)13-5-4-11(15)10-12(13)14/h4-5,10H,3,6-9,15H2,1-2H3. The Morgan fingerprint density at radius 3 is 2.50 bits per heavy atom. The van der Waals surface area contributed by atoms with E-state index in [1.807, 2.05) is 18.2 Å². The lowest BCUT2D eigenvalue weighted by molar-refractivity contribution is 0.191. The maximum absolute atomic E-state index is 5.76. The van der Waals surface area contributed by atoms with Crippen LogP contribution in [0.1, 0.15) is 6.42 Å². The summed E-state index contributed by atoms with van der Waals surface area (Å²) in [4.78, 5) is 2.27. The smallest absolute Gasteiger partial charge is 0.0637 e. The SMILES string of the molecule is COCCCN(CCOC)c1ccc(N)cc1Br. The second-order valence-corrected chi connectivity index (χ2v) is 4.89. The van der Waals surface area contributed by atoms with Crippen LogP contribution < -0.4 is 10.6 Å². The van der Waals surface area contributed by atoms with Crippen molar-refractivity contribution in [3.8, 4) is 0 Å². The molecule has 102 valence electrons. The predicted octanol–water partition coefficient (Wildman–Crippen LogP) is 2.52. The van der Waals surface area contributed by atoms with E-state index in [2.05, 4.69) is 20.8 Å². The molecule has 0 radical (unpaired) electrons. The Hall–Kier alpha value is -0.780. The molecule has 0 aliphatic rings. The van der Waals surface area contributed by atoms with Crippen molar-refractivity contribution >= 4 is 27.3 Å². The van der Waals surface area contributed by atoms with Crippen LogP contribution in [0.4, 0.5) is 11.4 Å². The minimum atomic E-state index is 0.698. The summed E-state index contributed by atoms with van der Waals surface area (Å²) in [5.74, 6) is 0. The van der Waals surface area contributed by atoms with Gasteiger partial charge in [-0.05, 0) is 40.5 Å². The van der Waals surface area contributed by atoms with E-state index in [0.29, 0.717) is 6.61 Å². The van der Waals surface area contributed by atoms with E-state index in [0.717, 1.165) is 42.0 Å². The Bertz CT molecular complexity index is 361. The van der Waals surface area contributed by atoms with Crippen LogP contribution in [0.3, 0.4) is 0 Å². The van der Waals surface area contributed by atoms with E-state index < -0.39 is 0 Å². The molecule has 0 fully saturated rings. The fourth-order valence-electron chi connectivity index (χ4n) is 1.73. The summed E-state index contributed by atoms with van der Waals surface area (Å²) in [5.41, 5.74) is 7.65. The number of hydrogen-bond acceptors (Lipinski definition) is 4. The molecule has 4 nitrogen and oxygen atoms in total. The molecule has 18 heavy (non-hydrogen) atoms. The Morgan fingerprint density at radius 1 is 1.17 bits per heavy atom. The van der Waals surface area contributed by atoms with Gasteiger partial charge in [-0.25, -0.2) is 0 Å². The summed E-state index contributed by atoms with van der Waals surface area (Å²) in [6.07, 6.45) is 0.983. The van der Waals surface area contributed by atoms with E-state index >= 15 is 0 Å². The Labute approximate surface area is 117 Å². The Kier molecular flexibility index (Phi) is 7.08. The van der Waals surface area contributed by atoms with Crippen LogP contribution in [0.2, 0.25) is 0 Å². The van der Waals surface area contributed by atoms with Gasteiger partial charge < -0.3 is 20.1 Å². The van der Waals surface area contributed by atoms with Gasteiger partial charge >= 0.3 is 0 Å². The summed E-state index contributed by atoms with van der Waals surface area (Å²) in [6.45, 7) is 3.24. The average Bonchev–Trinajstić information content (AvgIpc) is 2.34. The van der Waals surface area contributed by atoms with Gasteiger partial charge in [0.15, 0.2) is 0 Å². The number of rotatable bonds is 8. The van der Waals surface area contributed by atoms with Crippen LogP contribution in [0.15, 0.2) is 22.7 Å². The normalized spacial score (nSPS) is 10.6. The molecule has 0 aliphatic heterocycles. The second kappa shape index (κ2) is 8.34. The van der Waals surface area contributed by atoms with Crippen LogP contribution in [0.25, 0.3) is 0 Å². The quantitative estimate of drug-likeness (QED) is 0.591. The van der Waals surface area contributed by atoms with Crippen molar-refractivity contribution < 1.29 is 9.47 Å². The van der Waals surface area contributed by atoms with E-state index in [9.17, 15) is 0 Å². The number of halogens is 1. The fourth-order valence-corrected chi connectivity index (χ4v) is 2.38. The van der Waals surface area contributed by atoms with Gasteiger partial charge in [0.1, 0.15) is 0 Å². The lowest BCUT2D eigenvalue weighted by Crippen LogP contribution is -2.29. The predicted molar refractivity (Wildman–Crippen MR) is 79.1 cm³/mol. The van der Waals surface area contributed by atoms with Gasteiger partial charge in [0.05, 0.1) is 12.3 Å². The minimum absolute atomic E-state index is 0.698. The van der Waals surface area contributed by atoms with Crippen molar-refractivity contribution in [2.45, 2.75) is 6.42 Å². The molecular formula is C13H21BrN2O2. The summed E-state index contributed by atoms with van der Waals surface area (Å²) < 4.78 is 11.3. The number of nitrogens with zero attached hydrogens (tertiary/aromatic N) is 1. The van der Waals surface area contributed by atoms with Gasteiger partial charge in [0.25, 0.3) is 0 Å². The molecule has 0 amide bonds. The van der Waals surface area contributed by atoms with E-state index in [1.54, 1.807) is 14.2 Å². The molecule has 0 saturated heterocycles. The fraction of sp³-hybridized carbons (Fsp3) is 0.538. The number of methoxy groups -OCH3 is 2. The van der Waals surface area contributed by atoms with Crippen LogP contribution in [0, 0.1) is 0 Å². The number of anilines is 2. The first-order valence-electron chi connectivity index (χ1n) is 5.97. The van der Waals surface area contributed by atoms with Crippen molar-refractivity contribution in [3.63, 3.8) is 0 Å². The Balaban J connectivity index is 2.73. The third-order valence-electron chi connectivity index (χ3n) is 2.65. The molecule has 0 aliphatic carbocycles. The van der Waals surface area contributed by atoms with Crippen molar-refractivity contribution in [1.29, 1.82) is 0 Å². The third kappa shape index (κ3) is 4.84. The second-order valence-electron chi connectivity index (χ2n) is 4.04. The summed E-state index contributed by atoms with van der Waals surface area (Å²) in [5, 5.41) is 0. The first-order chi connectivity index (χ1) is 8.69. The summed E-state index contributed by atoms with van der Waals surface area (Å²) in [7, 11) is 3.43. The lowest BCUT2D eigenvalue weighted by atomic mass is 10.2. The number of hydrogen-bond donors (Lipinski definition) is 1. The molecule has 0 heterocycles. The van der Waals surface area contributed by atoms with Crippen LogP contribution in [0.5, 0.6) is 0 Å². The van der Waals surface area contributed by atoms with Crippen molar-refractivity contribution in [1.82, 2.24) is 0 Å². The third-order valence-corrected chi connectivity index (χ3v) is 3.29. The van der Waals surface area contributed by atoms with Gasteiger partial charge in [0, 0.05) is 44.1 Å². The molecule has 0 saturated carbocycles. The van der Waals surface area contributed by atoms with E-state index in [4.69, 9.17) is 15.2 Å². The van der Waals surface area contributed by atoms with Gasteiger partial charge in [-0.3, -0.25) is 0 Å². The molecule has 2 N–H and O–H groups in total. The maximum atomic E-state index is 5.76. The molecule has 0 aromatic heterocycles. The first kappa shape index (κ1) is 15.3. The number of nitrogen functional groups attached to an aromatic ring is 1. The molecule has 0 spiro atoms. The highest BCUT2D eigenvalue weighted by molar-refractivity contribution is 9.10. The average molecular weight is 317 g/mol. The zero-order valence-electron chi connectivity index (χ0n) is 11.0. The van der Waals surface area contributed by atoms with Gasteiger partial charge in [-0.2, -0.15) is 0 Å². The molecule has 1 aromatic rings. The van der Waals surface area contributed by atoms with E-state index in [-0.39, 0.29) is 0 Å². The Morgan fingerprint density at radius 2 is 1.89 bits per heavy atom. The molecule has 0 unspecified atom stereocenters. The maximum Gasteiger partial charge on any atom is 0.0637 e. The highest BCUT2D eigenvalue weighted by atomic mass is 79.9. The summed E-state index contributed by atoms with van der Waals surface area (Å²) in [6, 6.07) is 5.86. The largest absolute Gasteiger partial charge is 0.399 e. The molecule has 1 rings (SSSR count). The molecule has 0 bridgehead atoms. The van der Waals surface area contributed by atoms with Crippen molar-refractivity contribution in [2.75, 3.05) is 51.2 Å². The van der Waals surface area contributed by atoms with Gasteiger partial charge in [-0.15, -0.1) is 0 Å². The monoisotopic (exact) mass is 316 g/mol. The topological polar surface area (TPSA) is 47.7 Å². The van der Waals surface area contributed by atoms with Crippen LogP contribution >= 0.6 is 15.9 Å². The van der Waals surface area contributed by atoms with Crippen molar-refractivity contribution in [2.24, 2.45) is 0 Å². The summed E-state index contributed by atoms with van der Waals surface area (Å²) >= 11 is 3.55. The zero-order valence-corrected chi connectivity index (χ0v) is 12.6. The minimum Gasteiger partial charge on any atom is -0.399 e. The van der Waals surface area contributed by atoms with Gasteiger partial charge in [-0.1, -0.05) is 0 Å². The highest BCUT2D eigenvalue weighted by Gasteiger charge is 2.10.